The first kappa shape index (κ1) is 20.7. The number of alkyl halides is 3. The lowest BCUT2D eigenvalue weighted by molar-refractivity contribution is -0.137. The van der Waals surface area contributed by atoms with Crippen LogP contribution in [-0.4, -0.2) is 47.3 Å². The summed E-state index contributed by atoms with van der Waals surface area (Å²) >= 11 is 0. The van der Waals surface area contributed by atoms with E-state index >= 15 is 0 Å². The fourth-order valence-electron chi connectivity index (χ4n) is 3.40. The molecule has 3 aromatic rings. The Bertz CT molecular complexity index is 1070. The molecule has 4 rings (SSSR count). The highest BCUT2D eigenvalue weighted by molar-refractivity contribution is 5.90. The molecule has 162 valence electrons. The number of nitrogens with zero attached hydrogens (tertiary/aromatic N) is 4. The van der Waals surface area contributed by atoms with Gasteiger partial charge in [-0.3, -0.25) is 0 Å². The maximum Gasteiger partial charge on any atom is 0.416 e. The van der Waals surface area contributed by atoms with Crippen molar-refractivity contribution in [2.24, 2.45) is 0 Å². The van der Waals surface area contributed by atoms with E-state index in [0.29, 0.717) is 54.8 Å². The van der Waals surface area contributed by atoms with E-state index in [0.717, 1.165) is 12.1 Å². The predicted octanol–water partition coefficient (Wildman–Crippen LogP) is 4.42. The number of aromatic nitrogens is 2. The third-order valence-corrected chi connectivity index (χ3v) is 5.01. The summed E-state index contributed by atoms with van der Waals surface area (Å²) in [5.74, 6) is 0.881. The zero-order valence-electron chi connectivity index (χ0n) is 16.7. The second-order valence-corrected chi connectivity index (χ2v) is 7.17. The Morgan fingerprint density at radius 1 is 1.06 bits per heavy atom. The minimum Gasteiger partial charge on any atom is -0.368 e. The second kappa shape index (κ2) is 8.29. The number of piperazine rings is 1. The van der Waals surface area contributed by atoms with E-state index in [9.17, 15) is 18.0 Å². The Labute approximate surface area is 176 Å². The average molecular weight is 431 g/mol. The van der Waals surface area contributed by atoms with Gasteiger partial charge in [0.25, 0.3) is 0 Å². The fourth-order valence-corrected chi connectivity index (χ4v) is 3.40. The van der Waals surface area contributed by atoms with E-state index in [2.05, 4.69) is 15.5 Å². The molecular weight excluding hydrogens is 411 g/mol. The van der Waals surface area contributed by atoms with Gasteiger partial charge in [0, 0.05) is 50.0 Å². The van der Waals surface area contributed by atoms with Crippen molar-refractivity contribution in [2.75, 3.05) is 36.4 Å². The number of carbonyl (C=O) groups is 1. The summed E-state index contributed by atoms with van der Waals surface area (Å²) < 4.78 is 43.8. The number of aryl methyl sites for hydroxylation is 1. The van der Waals surface area contributed by atoms with E-state index in [1.54, 1.807) is 36.1 Å². The van der Waals surface area contributed by atoms with Crippen LogP contribution in [0.5, 0.6) is 0 Å². The summed E-state index contributed by atoms with van der Waals surface area (Å²) in [5.41, 5.74) is 1.12. The Kier molecular flexibility index (Phi) is 5.53. The molecule has 1 aliphatic rings. The van der Waals surface area contributed by atoms with Crippen LogP contribution in [0.3, 0.4) is 0 Å². The molecule has 0 atom stereocenters. The highest BCUT2D eigenvalue weighted by atomic mass is 19.4. The topological polar surface area (TPSA) is 74.5 Å². The van der Waals surface area contributed by atoms with Gasteiger partial charge in [-0.1, -0.05) is 23.4 Å². The van der Waals surface area contributed by atoms with Gasteiger partial charge in [0.15, 0.2) is 0 Å². The standard InChI is InChI=1S/C21H20F3N5O2/c1-14-25-19(27-31-14)15-4-2-6-17(12-15)26-20(30)29-10-8-28(9-11-29)18-7-3-5-16(13-18)21(22,23)24/h2-7,12-13H,8-11H2,1H3,(H,26,30). The molecule has 10 heteroatoms. The molecule has 0 aliphatic carbocycles. The number of rotatable bonds is 3. The lowest BCUT2D eigenvalue weighted by Crippen LogP contribution is -2.50. The van der Waals surface area contributed by atoms with Crippen LogP contribution in [0, 0.1) is 6.92 Å². The van der Waals surface area contributed by atoms with Gasteiger partial charge in [-0.25, -0.2) is 4.79 Å². The minimum atomic E-state index is -4.38. The second-order valence-electron chi connectivity index (χ2n) is 7.17. The summed E-state index contributed by atoms with van der Waals surface area (Å²) in [6, 6.07) is 12.1. The Balaban J connectivity index is 1.37. The van der Waals surface area contributed by atoms with E-state index in [-0.39, 0.29) is 6.03 Å². The molecule has 0 unspecified atom stereocenters. The third kappa shape index (κ3) is 4.79. The lowest BCUT2D eigenvalue weighted by atomic mass is 10.1. The van der Waals surface area contributed by atoms with Crippen LogP contribution >= 0.6 is 0 Å². The Hall–Kier alpha value is -3.56. The SMILES string of the molecule is Cc1nc(-c2cccc(NC(=O)N3CCN(c4cccc(C(F)(F)F)c4)CC3)c2)no1. The van der Waals surface area contributed by atoms with Crippen molar-refractivity contribution in [1.82, 2.24) is 15.0 Å². The number of hydrogen-bond donors (Lipinski definition) is 1. The number of benzene rings is 2. The number of urea groups is 1. The summed E-state index contributed by atoms with van der Waals surface area (Å²) in [6.07, 6.45) is -4.38. The van der Waals surface area contributed by atoms with Gasteiger partial charge in [0.05, 0.1) is 5.56 Å². The first-order valence-electron chi connectivity index (χ1n) is 9.68. The number of amides is 2. The molecule has 0 spiro atoms. The minimum absolute atomic E-state index is 0.273. The molecule has 1 N–H and O–H groups in total. The van der Waals surface area contributed by atoms with Gasteiger partial charge in [-0.15, -0.1) is 0 Å². The molecule has 2 heterocycles. The maximum atomic E-state index is 13.0. The van der Waals surface area contributed by atoms with Gasteiger partial charge < -0.3 is 19.6 Å². The molecule has 1 aliphatic heterocycles. The van der Waals surface area contributed by atoms with Gasteiger partial charge in [-0.2, -0.15) is 18.2 Å². The normalized spacial score (nSPS) is 14.6. The monoisotopic (exact) mass is 431 g/mol. The molecule has 0 radical (unpaired) electrons. The van der Waals surface area contributed by atoms with Crippen molar-refractivity contribution < 1.29 is 22.5 Å². The summed E-state index contributed by atoms with van der Waals surface area (Å²) in [6.45, 7) is 3.37. The maximum absolute atomic E-state index is 13.0. The van der Waals surface area contributed by atoms with E-state index in [1.807, 2.05) is 11.0 Å². The van der Waals surface area contributed by atoms with Crippen LogP contribution in [0.15, 0.2) is 53.1 Å². The molecule has 0 bridgehead atoms. The number of hydrogen-bond acceptors (Lipinski definition) is 5. The molecule has 7 nitrogen and oxygen atoms in total. The first-order chi connectivity index (χ1) is 14.8. The zero-order valence-corrected chi connectivity index (χ0v) is 16.7. The van der Waals surface area contributed by atoms with Crippen molar-refractivity contribution in [3.8, 4) is 11.4 Å². The van der Waals surface area contributed by atoms with Crippen molar-refractivity contribution >= 4 is 17.4 Å². The number of anilines is 2. The average Bonchev–Trinajstić information content (AvgIpc) is 3.20. The number of carbonyl (C=O) groups excluding carboxylic acids is 1. The quantitative estimate of drug-likeness (QED) is 0.665. The highest BCUT2D eigenvalue weighted by Crippen LogP contribution is 2.32. The van der Waals surface area contributed by atoms with Gasteiger partial charge in [0.1, 0.15) is 0 Å². The summed E-state index contributed by atoms with van der Waals surface area (Å²) in [5, 5.41) is 6.72. The van der Waals surface area contributed by atoms with Crippen molar-refractivity contribution in [1.29, 1.82) is 0 Å². The van der Waals surface area contributed by atoms with Gasteiger partial charge in [-0.05, 0) is 30.3 Å². The van der Waals surface area contributed by atoms with Crippen LogP contribution in [-0.2, 0) is 6.18 Å². The van der Waals surface area contributed by atoms with Crippen LogP contribution in [0.2, 0.25) is 0 Å². The van der Waals surface area contributed by atoms with E-state index in [4.69, 9.17) is 4.52 Å². The van der Waals surface area contributed by atoms with Crippen molar-refractivity contribution in [2.45, 2.75) is 13.1 Å². The lowest BCUT2D eigenvalue weighted by Gasteiger charge is -2.36. The largest absolute Gasteiger partial charge is 0.416 e. The van der Waals surface area contributed by atoms with Gasteiger partial charge in [0.2, 0.25) is 11.7 Å². The zero-order chi connectivity index (χ0) is 22.0. The summed E-state index contributed by atoms with van der Waals surface area (Å²) in [4.78, 5) is 20.3. The third-order valence-electron chi connectivity index (χ3n) is 5.01. The summed E-state index contributed by atoms with van der Waals surface area (Å²) in [7, 11) is 0. The van der Waals surface area contributed by atoms with E-state index < -0.39 is 11.7 Å². The fraction of sp³-hybridized carbons (Fsp3) is 0.286. The molecular formula is C21H20F3N5O2. The van der Waals surface area contributed by atoms with Crippen LogP contribution in [0.4, 0.5) is 29.3 Å². The number of nitrogens with one attached hydrogen (secondary N) is 1. The molecule has 1 aromatic heterocycles. The van der Waals surface area contributed by atoms with E-state index in [1.165, 1.54) is 6.07 Å². The Morgan fingerprint density at radius 3 is 2.48 bits per heavy atom. The smallest absolute Gasteiger partial charge is 0.368 e. The Morgan fingerprint density at radius 2 is 1.81 bits per heavy atom. The van der Waals surface area contributed by atoms with Crippen LogP contribution in [0.1, 0.15) is 11.5 Å². The van der Waals surface area contributed by atoms with Crippen molar-refractivity contribution in [3.05, 3.63) is 60.0 Å². The predicted molar refractivity (Wildman–Crippen MR) is 109 cm³/mol. The van der Waals surface area contributed by atoms with Crippen LogP contribution < -0.4 is 10.2 Å². The highest BCUT2D eigenvalue weighted by Gasteiger charge is 2.31. The molecule has 0 saturated carbocycles. The first-order valence-corrected chi connectivity index (χ1v) is 9.68. The molecule has 31 heavy (non-hydrogen) atoms. The molecule has 1 saturated heterocycles. The van der Waals surface area contributed by atoms with Crippen LogP contribution in [0.25, 0.3) is 11.4 Å². The molecule has 2 amide bonds. The molecule has 1 fully saturated rings. The van der Waals surface area contributed by atoms with Crippen molar-refractivity contribution in [3.63, 3.8) is 0 Å². The van der Waals surface area contributed by atoms with Gasteiger partial charge >= 0.3 is 12.2 Å². The molecule has 2 aromatic carbocycles. The number of halogens is 3.